The van der Waals surface area contributed by atoms with Crippen molar-refractivity contribution in [3.63, 3.8) is 0 Å². The number of hydrogen-bond acceptors (Lipinski definition) is 1. The largest absolute Gasteiger partial charge is 0.326 e. The Balaban J connectivity index is 1.89. The molecule has 0 saturated carbocycles. The van der Waals surface area contributed by atoms with Gasteiger partial charge in [0.15, 0.2) is 6.54 Å². The summed E-state index contributed by atoms with van der Waals surface area (Å²) in [7, 11) is 1.98. The van der Waals surface area contributed by atoms with E-state index in [-0.39, 0.29) is 5.91 Å². The van der Waals surface area contributed by atoms with Crippen molar-refractivity contribution in [2.45, 2.75) is 13.5 Å². The van der Waals surface area contributed by atoms with Gasteiger partial charge in [-0.05, 0) is 36.8 Å². The molecule has 0 radical (unpaired) electrons. The molecule has 0 fully saturated rings. The monoisotopic (exact) mass is 337 g/mol. The number of amides is 1. The maximum atomic E-state index is 12.1. The summed E-state index contributed by atoms with van der Waals surface area (Å²) in [4.78, 5) is 13.2. The minimum Gasteiger partial charge on any atom is -0.326 e. The van der Waals surface area contributed by atoms with Crippen LogP contribution in [0.25, 0.3) is 0 Å². The summed E-state index contributed by atoms with van der Waals surface area (Å²) in [6.45, 7) is 3.08. The molecule has 0 aliphatic rings. The van der Waals surface area contributed by atoms with E-state index in [1.807, 2.05) is 56.4 Å². The Morgan fingerprint density at radius 1 is 1.14 bits per heavy atom. The molecule has 0 heterocycles. The maximum absolute atomic E-state index is 12.1. The molecular formula is C17H19Cl2N2O+. The van der Waals surface area contributed by atoms with Crippen molar-refractivity contribution in [3.8, 4) is 0 Å². The number of likely N-dealkylation sites (N-methyl/N-ethyl adjacent to an activating group) is 1. The number of quaternary nitrogens is 1. The molecule has 2 rings (SSSR count). The Labute approximate surface area is 140 Å². The van der Waals surface area contributed by atoms with Crippen LogP contribution in [0.3, 0.4) is 0 Å². The van der Waals surface area contributed by atoms with Crippen molar-refractivity contribution in [2.75, 3.05) is 18.9 Å². The highest BCUT2D eigenvalue weighted by atomic mass is 35.5. The first-order valence-corrected chi connectivity index (χ1v) is 7.81. The summed E-state index contributed by atoms with van der Waals surface area (Å²) in [6.07, 6.45) is 0. The van der Waals surface area contributed by atoms with Gasteiger partial charge < -0.3 is 10.2 Å². The van der Waals surface area contributed by atoms with Crippen molar-refractivity contribution >= 4 is 34.8 Å². The van der Waals surface area contributed by atoms with Gasteiger partial charge in [0, 0.05) is 10.6 Å². The number of carbonyl (C=O) groups is 1. The fourth-order valence-corrected chi connectivity index (χ4v) is 2.61. The zero-order chi connectivity index (χ0) is 16.1. The van der Waals surface area contributed by atoms with Gasteiger partial charge in [-0.2, -0.15) is 0 Å². The van der Waals surface area contributed by atoms with E-state index in [1.165, 1.54) is 0 Å². The number of carbonyl (C=O) groups excluding carboxylic acids is 1. The number of benzene rings is 2. The average molecular weight is 338 g/mol. The first-order valence-electron chi connectivity index (χ1n) is 7.06. The van der Waals surface area contributed by atoms with Gasteiger partial charge in [-0.3, -0.25) is 4.79 Å². The predicted molar refractivity (Wildman–Crippen MR) is 91.7 cm³/mol. The number of rotatable bonds is 5. The second-order valence-electron chi connectivity index (χ2n) is 5.47. The number of nitrogens with one attached hydrogen (secondary N) is 2. The van der Waals surface area contributed by atoms with Crippen molar-refractivity contribution in [1.82, 2.24) is 0 Å². The number of aryl methyl sites for hydroxylation is 1. The first-order chi connectivity index (χ1) is 10.4. The Kier molecular flexibility index (Phi) is 5.83. The topological polar surface area (TPSA) is 33.5 Å². The highest BCUT2D eigenvalue weighted by molar-refractivity contribution is 6.33. The van der Waals surface area contributed by atoms with Gasteiger partial charge in [-0.25, -0.2) is 0 Å². The van der Waals surface area contributed by atoms with E-state index in [9.17, 15) is 4.79 Å². The van der Waals surface area contributed by atoms with Gasteiger partial charge in [0.2, 0.25) is 0 Å². The van der Waals surface area contributed by atoms with Crippen LogP contribution in [0.5, 0.6) is 0 Å². The van der Waals surface area contributed by atoms with Gasteiger partial charge >= 0.3 is 0 Å². The smallest absolute Gasteiger partial charge is 0.279 e. The van der Waals surface area contributed by atoms with E-state index in [4.69, 9.17) is 23.2 Å². The quantitative estimate of drug-likeness (QED) is 0.864. The number of halogens is 2. The summed E-state index contributed by atoms with van der Waals surface area (Å²) in [5.41, 5.74) is 2.85. The van der Waals surface area contributed by atoms with Crippen LogP contribution in [-0.4, -0.2) is 19.5 Å². The van der Waals surface area contributed by atoms with Crippen LogP contribution < -0.4 is 10.2 Å². The molecule has 22 heavy (non-hydrogen) atoms. The Morgan fingerprint density at radius 2 is 1.82 bits per heavy atom. The minimum absolute atomic E-state index is 0.0581. The van der Waals surface area contributed by atoms with Gasteiger partial charge in [0.05, 0.1) is 17.8 Å². The third-order valence-electron chi connectivity index (χ3n) is 3.28. The zero-order valence-electron chi connectivity index (χ0n) is 12.6. The summed E-state index contributed by atoms with van der Waals surface area (Å²) >= 11 is 12.0. The number of hydrogen-bond donors (Lipinski definition) is 2. The van der Waals surface area contributed by atoms with E-state index in [1.54, 1.807) is 0 Å². The van der Waals surface area contributed by atoms with Crippen LogP contribution >= 0.6 is 23.2 Å². The molecule has 0 aliphatic carbocycles. The highest BCUT2D eigenvalue weighted by Gasteiger charge is 2.12. The van der Waals surface area contributed by atoms with Crippen LogP contribution in [0, 0.1) is 6.92 Å². The molecule has 2 aromatic carbocycles. The molecule has 0 aliphatic heterocycles. The summed E-state index contributed by atoms with van der Waals surface area (Å²) in [6, 6.07) is 13.2. The Hall–Kier alpha value is -1.55. The minimum atomic E-state index is -0.0581. The first kappa shape index (κ1) is 16.8. The van der Waals surface area contributed by atoms with Crippen LogP contribution in [0.2, 0.25) is 10.0 Å². The van der Waals surface area contributed by atoms with E-state index in [2.05, 4.69) is 5.32 Å². The number of anilines is 1. The van der Waals surface area contributed by atoms with Gasteiger partial charge in [-0.1, -0.05) is 41.4 Å². The zero-order valence-corrected chi connectivity index (χ0v) is 14.1. The van der Waals surface area contributed by atoms with Crippen LogP contribution in [0.1, 0.15) is 11.1 Å². The second-order valence-corrected chi connectivity index (χ2v) is 6.31. The lowest BCUT2D eigenvalue weighted by Crippen LogP contribution is -3.08. The second kappa shape index (κ2) is 7.63. The molecule has 0 bridgehead atoms. The molecule has 5 heteroatoms. The highest BCUT2D eigenvalue weighted by Crippen LogP contribution is 2.22. The van der Waals surface area contributed by atoms with E-state index < -0.39 is 0 Å². The van der Waals surface area contributed by atoms with Crippen LogP contribution in [0.15, 0.2) is 42.5 Å². The molecular weight excluding hydrogens is 319 g/mol. The molecule has 2 N–H and O–H groups in total. The lowest BCUT2D eigenvalue weighted by molar-refractivity contribution is -0.885. The SMILES string of the molecule is Cc1ccc(NC(=O)C[NH+](C)Cc2ccc(Cl)cc2)c(Cl)c1. The predicted octanol–water partition coefficient (Wildman–Crippen LogP) is 2.96. The van der Waals surface area contributed by atoms with Crippen molar-refractivity contribution in [2.24, 2.45) is 0 Å². The molecule has 1 amide bonds. The normalized spacial score (nSPS) is 12.0. The fourth-order valence-electron chi connectivity index (χ4n) is 2.20. The molecule has 116 valence electrons. The summed E-state index contributed by atoms with van der Waals surface area (Å²) in [5, 5.41) is 4.13. The van der Waals surface area contributed by atoms with Gasteiger partial charge in [0.1, 0.15) is 6.54 Å². The summed E-state index contributed by atoms with van der Waals surface area (Å²) < 4.78 is 0. The molecule has 3 nitrogen and oxygen atoms in total. The molecule has 1 atom stereocenters. The summed E-state index contributed by atoms with van der Waals surface area (Å²) in [5.74, 6) is -0.0581. The molecule has 2 aromatic rings. The van der Waals surface area contributed by atoms with Gasteiger partial charge in [0.25, 0.3) is 5.91 Å². The van der Waals surface area contributed by atoms with Crippen LogP contribution in [0.4, 0.5) is 5.69 Å². The average Bonchev–Trinajstić information content (AvgIpc) is 2.44. The standard InChI is InChI=1S/C17H18Cl2N2O/c1-12-3-8-16(15(19)9-12)20-17(22)11-21(2)10-13-4-6-14(18)7-5-13/h3-9H,10-11H2,1-2H3,(H,20,22)/p+1. The van der Waals surface area contributed by atoms with Crippen LogP contribution in [-0.2, 0) is 11.3 Å². The van der Waals surface area contributed by atoms with Crippen molar-refractivity contribution in [1.29, 1.82) is 0 Å². The lowest BCUT2D eigenvalue weighted by atomic mass is 10.2. The van der Waals surface area contributed by atoms with E-state index in [0.717, 1.165) is 22.6 Å². The fraction of sp³-hybridized carbons (Fsp3) is 0.235. The Morgan fingerprint density at radius 3 is 2.45 bits per heavy atom. The molecule has 0 aromatic heterocycles. The van der Waals surface area contributed by atoms with E-state index in [0.29, 0.717) is 22.3 Å². The van der Waals surface area contributed by atoms with Crippen molar-refractivity contribution < 1.29 is 9.69 Å². The van der Waals surface area contributed by atoms with E-state index >= 15 is 0 Å². The van der Waals surface area contributed by atoms with Crippen molar-refractivity contribution in [3.05, 3.63) is 63.6 Å². The molecule has 1 unspecified atom stereocenters. The molecule has 0 spiro atoms. The lowest BCUT2D eigenvalue weighted by Gasteiger charge is -2.14. The van der Waals surface area contributed by atoms with Gasteiger partial charge in [-0.15, -0.1) is 0 Å². The third-order valence-corrected chi connectivity index (χ3v) is 3.84. The molecule has 0 saturated heterocycles. The Bertz CT molecular complexity index is 656. The maximum Gasteiger partial charge on any atom is 0.279 e. The third kappa shape index (κ3) is 5.02.